The molecule has 2 nitrogen and oxygen atoms in total. The topological polar surface area (TPSA) is 20.3 Å². The molecule has 0 aliphatic carbocycles. The van der Waals surface area contributed by atoms with E-state index in [0.29, 0.717) is 12.5 Å². The van der Waals surface area contributed by atoms with Gasteiger partial charge < -0.3 is 4.90 Å². The summed E-state index contributed by atoms with van der Waals surface area (Å²) in [6.07, 6.45) is 5.35. The van der Waals surface area contributed by atoms with Gasteiger partial charge in [-0.3, -0.25) is 4.79 Å². The van der Waals surface area contributed by atoms with Gasteiger partial charge in [0.15, 0.2) is 0 Å². The standard InChI is InChI=1S/C11H20ClNO/c1-3-4-5-6-9(2)13-8-10(12)7-11(13)14/h9-10H,3-8H2,1-2H3. The number of unbranched alkanes of at least 4 members (excludes halogenated alkanes) is 2. The molecule has 1 aliphatic heterocycles. The number of carbonyl (C=O) groups excluding carboxylic acids is 1. The smallest absolute Gasteiger partial charge is 0.224 e. The van der Waals surface area contributed by atoms with E-state index >= 15 is 0 Å². The van der Waals surface area contributed by atoms with E-state index < -0.39 is 0 Å². The minimum Gasteiger partial charge on any atom is -0.338 e. The van der Waals surface area contributed by atoms with Crippen molar-refractivity contribution in [2.24, 2.45) is 0 Å². The first-order valence-corrected chi connectivity index (χ1v) is 6.02. The molecule has 14 heavy (non-hydrogen) atoms. The molecule has 1 heterocycles. The molecule has 0 saturated carbocycles. The van der Waals surface area contributed by atoms with Gasteiger partial charge in [-0.2, -0.15) is 0 Å². The lowest BCUT2D eigenvalue weighted by Crippen LogP contribution is -2.34. The highest BCUT2D eigenvalue weighted by molar-refractivity contribution is 6.22. The van der Waals surface area contributed by atoms with Gasteiger partial charge in [-0.25, -0.2) is 0 Å². The summed E-state index contributed by atoms with van der Waals surface area (Å²) in [6, 6.07) is 0.373. The number of nitrogens with zero attached hydrogens (tertiary/aromatic N) is 1. The summed E-state index contributed by atoms with van der Waals surface area (Å²) >= 11 is 5.94. The molecule has 82 valence electrons. The molecule has 1 aliphatic rings. The summed E-state index contributed by atoms with van der Waals surface area (Å²) < 4.78 is 0. The van der Waals surface area contributed by atoms with Crippen LogP contribution in [0.15, 0.2) is 0 Å². The summed E-state index contributed by atoms with van der Waals surface area (Å²) in [6.45, 7) is 5.07. The predicted molar refractivity (Wildman–Crippen MR) is 59.6 cm³/mol. The Hall–Kier alpha value is -0.240. The lowest BCUT2D eigenvalue weighted by Gasteiger charge is -2.24. The van der Waals surface area contributed by atoms with E-state index in [1.807, 2.05) is 4.90 Å². The van der Waals surface area contributed by atoms with Gasteiger partial charge in [0.05, 0.1) is 5.38 Å². The van der Waals surface area contributed by atoms with Crippen LogP contribution in [0.4, 0.5) is 0 Å². The molecule has 2 atom stereocenters. The Kier molecular flexibility index (Phi) is 4.73. The first-order valence-electron chi connectivity index (χ1n) is 5.58. The van der Waals surface area contributed by atoms with Crippen LogP contribution in [-0.2, 0) is 4.79 Å². The average Bonchev–Trinajstić information content (AvgIpc) is 2.45. The Balaban J connectivity index is 2.29. The van der Waals surface area contributed by atoms with E-state index in [1.165, 1.54) is 19.3 Å². The molecule has 2 unspecified atom stereocenters. The van der Waals surface area contributed by atoms with Crippen molar-refractivity contribution in [1.29, 1.82) is 0 Å². The Labute approximate surface area is 91.6 Å². The molecule has 0 spiro atoms. The van der Waals surface area contributed by atoms with E-state index in [4.69, 9.17) is 11.6 Å². The number of amides is 1. The van der Waals surface area contributed by atoms with E-state index in [-0.39, 0.29) is 11.3 Å². The van der Waals surface area contributed by atoms with Crippen molar-refractivity contribution >= 4 is 17.5 Å². The van der Waals surface area contributed by atoms with Gasteiger partial charge in [0.25, 0.3) is 0 Å². The number of hydrogen-bond donors (Lipinski definition) is 0. The third-order valence-corrected chi connectivity index (χ3v) is 3.16. The summed E-state index contributed by atoms with van der Waals surface area (Å²) in [5.41, 5.74) is 0. The monoisotopic (exact) mass is 217 g/mol. The molecule has 0 radical (unpaired) electrons. The molecule has 3 heteroatoms. The lowest BCUT2D eigenvalue weighted by atomic mass is 10.1. The van der Waals surface area contributed by atoms with Crippen molar-refractivity contribution in [3.05, 3.63) is 0 Å². The molecule has 1 saturated heterocycles. The van der Waals surface area contributed by atoms with E-state index in [2.05, 4.69) is 13.8 Å². The number of hydrogen-bond acceptors (Lipinski definition) is 1. The van der Waals surface area contributed by atoms with Gasteiger partial charge >= 0.3 is 0 Å². The molecule has 1 fully saturated rings. The highest BCUT2D eigenvalue weighted by atomic mass is 35.5. The van der Waals surface area contributed by atoms with Crippen molar-refractivity contribution in [3.8, 4) is 0 Å². The molecule has 1 rings (SSSR count). The van der Waals surface area contributed by atoms with Crippen LogP contribution in [0.3, 0.4) is 0 Å². The van der Waals surface area contributed by atoms with Crippen molar-refractivity contribution in [2.75, 3.05) is 6.54 Å². The average molecular weight is 218 g/mol. The second kappa shape index (κ2) is 5.59. The van der Waals surface area contributed by atoms with Crippen molar-refractivity contribution < 1.29 is 4.79 Å². The Morgan fingerprint density at radius 2 is 2.29 bits per heavy atom. The molecule has 0 aromatic carbocycles. The van der Waals surface area contributed by atoms with E-state index in [9.17, 15) is 4.79 Å². The largest absolute Gasteiger partial charge is 0.338 e. The van der Waals surface area contributed by atoms with Gasteiger partial charge in [0, 0.05) is 19.0 Å². The number of rotatable bonds is 5. The molecular formula is C11H20ClNO. The first kappa shape index (κ1) is 11.8. The first-order chi connectivity index (χ1) is 6.65. The van der Waals surface area contributed by atoms with Crippen LogP contribution < -0.4 is 0 Å². The molecule has 1 amide bonds. The lowest BCUT2D eigenvalue weighted by molar-refractivity contribution is -0.129. The van der Waals surface area contributed by atoms with Gasteiger partial charge in [0.2, 0.25) is 5.91 Å². The van der Waals surface area contributed by atoms with Crippen LogP contribution in [0.1, 0.15) is 46.0 Å². The summed E-state index contributed by atoms with van der Waals surface area (Å²) in [5, 5.41) is 0.0381. The van der Waals surface area contributed by atoms with E-state index in [1.54, 1.807) is 0 Å². The Bertz CT molecular complexity index is 196. The molecule has 0 aromatic rings. The fourth-order valence-corrected chi connectivity index (χ4v) is 2.24. The fraction of sp³-hybridized carbons (Fsp3) is 0.909. The minimum atomic E-state index is 0.0381. The maximum atomic E-state index is 11.5. The zero-order chi connectivity index (χ0) is 10.6. The van der Waals surface area contributed by atoms with Crippen LogP contribution in [0.2, 0.25) is 0 Å². The second-order valence-electron chi connectivity index (χ2n) is 4.19. The third kappa shape index (κ3) is 3.16. The van der Waals surface area contributed by atoms with Crippen LogP contribution in [0.5, 0.6) is 0 Å². The Morgan fingerprint density at radius 3 is 2.79 bits per heavy atom. The second-order valence-corrected chi connectivity index (χ2v) is 4.81. The van der Waals surface area contributed by atoms with Crippen LogP contribution >= 0.6 is 11.6 Å². The summed E-state index contributed by atoms with van der Waals surface area (Å²) in [5.74, 6) is 0.231. The van der Waals surface area contributed by atoms with Gasteiger partial charge in [-0.05, 0) is 13.3 Å². The fourth-order valence-electron chi connectivity index (χ4n) is 1.96. The number of likely N-dealkylation sites (tertiary alicyclic amines) is 1. The quantitative estimate of drug-likeness (QED) is 0.512. The maximum absolute atomic E-state index is 11.5. The number of carbonyl (C=O) groups is 1. The van der Waals surface area contributed by atoms with Crippen LogP contribution in [0, 0.1) is 0 Å². The SMILES string of the molecule is CCCCCC(C)N1CC(Cl)CC1=O. The third-order valence-electron chi connectivity index (χ3n) is 2.87. The van der Waals surface area contributed by atoms with Crippen LogP contribution in [-0.4, -0.2) is 28.8 Å². The number of halogens is 1. The molecule has 0 aromatic heterocycles. The van der Waals surface area contributed by atoms with Gasteiger partial charge in [-0.1, -0.05) is 26.2 Å². The van der Waals surface area contributed by atoms with E-state index in [0.717, 1.165) is 13.0 Å². The number of alkyl halides is 1. The van der Waals surface area contributed by atoms with Crippen LogP contribution in [0.25, 0.3) is 0 Å². The molecular weight excluding hydrogens is 198 g/mol. The predicted octanol–water partition coefficient (Wildman–Crippen LogP) is 2.79. The van der Waals surface area contributed by atoms with Gasteiger partial charge in [0.1, 0.15) is 0 Å². The molecule has 0 bridgehead atoms. The maximum Gasteiger partial charge on any atom is 0.224 e. The normalized spacial score (nSPS) is 24.4. The zero-order valence-corrected chi connectivity index (χ0v) is 9.89. The summed E-state index contributed by atoms with van der Waals surface area (Å²) in [4.78, 5) is 13.4. The highest BCUT2D eigenvalue weighted by Crippen LogP contribution is 2.21. The Morgan fingerprint density at radius 1 is 1.57 bits per heavy atom. The summed E-state index contributed by atoms with van der Waals surface area (Å²) in [7, 11) is 0. The zero-order valence-electron chi connectivity index (χ0n) is 9.13. The van der Waals surface area contributed by atoms with Gasteiger partial charge in [-0.15, -0.1) is 11.6 Å². The van der Waals surface area contributed by atoms with Crippen molar-refractivity contribution in [3.63, 3.8) is 0 Å². The highest BCUT2D eigenvalue weighted by Gasteiger charge is 2.30. The van der Waals surface area contributed by atoms with Crippen molar-refractivity contribution in [1.82, 2.24) is 4.90 Å². The molecule has 0 N–H and O–H groups in total. The minimum absolute atomic E-state index is 0.0381. The van der Waals surface area contributed by atoms with Crippen molar-refractivity contribution in [2.45, 2.75) is 57.4 Å².